The van der Waals surface area contributed by atoms with E-state index in [0.717, 1.165) is 10.0 Å². The number of benzene rings is 1. The molecule has 23 heavy (non-hydrogen) atoms. The summed E-state index contributed by atoms with van der Waals surface area (Å²) in [6.45, 7) is 12.3. The van der Waals surface area contributed by atoms with E-state index in [1.807, 2.05) is 53.7 Å². The van der Waals surface area contributed by atoms with E-state index in [9.17, 15) is 4.79 Å². The van der Waals surface area contributed by atoms with Gasteiger partial charge in [0.05, 0.1) is 19.3 Å². The van der Waals surface area contributed by atoms with Crippen molar-refractivity contribution in [3.05, 3.63) is 22.2 Å². The van der Waals surface area contributed by atoms with E-state index in [1.54, 1.807) is 0 Å². The van der Waals surface area contributed by atoms with Crippen LogP contribution in [-0.4, -0.2) is 24.9 Å². The summed E-state index contributed by atoms with van der Waals surface area (Å²) in [6.07, 6.45) is -0.455. The largest absolute Gasteiger partial charge is 0.493 e. The van der Waals surface area contributed by atoms with Crippen molar-refractivity contribution < 1.29 is 19.0 Å². The molecule has 0 aliphatic rings. The van der Waals surface area contributed by atoms with Crippen LogP contribution in [0.15, 0.2) is 16.6 Å². The molecule has 0 saturated heterocycles. The summed E-state index contributed by atoms with van der Waals surface area (Å²) in [7, 11) is 0. The molecule has 6 heteroatoms. The molecule has 0 aliphatic heterocycles. The first kappa shape index (κ1) is 19.6. The quantitative estimate of drug-likeness (QED) is 0.758. The fourth-order valence-electron chi connectivity index (χ4n) is 1.93. The SMILES string of the molecule is CCOc1cc([C@@H](C)NC(=O)OC(C)(C)C)cc(OCC)c1Br. The number of hydrogen-bond donors (Lipinski definition) is 1. The minimum atomic E-state index is -0.531. The van der Waals surface area contributed by atoms with Crippen molar-refractivity contribution in [2.24, 2.45) is 0 Å². The van der Waals surface area contributed by atoms with Crippen LogP contribution in [-0.2, 0) is 4.74 Å². The second-order valence-corrected chi connectivity index (χ2v) is 6.86. The van der Waals surface area contributed by atoms with Crippen LogP contribution in [0.5, 0.6) is 11.5 Å². The summed E-state index contributed by atoms with van der Waals surface area (Å²) in [5.74, 6) is 1.37. The van der Waals surface area contributed by atoms with Gasteiger partial charge in [-0.2, -0.15) is 0 Å². The topological polar surface area (TPSA) is 56.8 Å². The van der Waals surface area contributed by atoms with Crippen LogP contribution in [0.25, 0.3) is 0 Å². The van der Waals surface area contributed by atoms with Gasteiger partial charge >= 0.3 is 6.09 Å². The van der Waals surface area contributed by atoms with E-state index < -0.39 is 11.7 Å². The van der Waals surface area contributed by atoms with Gasteiger partial charge in [0.15, 0.2) is 0 Å². The van der Waals surface area contributed by atoms with Gasteiger partial charge in [0.25, 0.3) is 0 Å². The summed E-state index contributed by atoms with van der Waals surface area (Å²) in [4.78, 5) is 11.9. The lowest BCUT2D eigenvalue weighted by Gasteiger charge is -2.23. The Hall–Kier alpha value is -1.43. The Morgan fingerprint density at radius 1 is 1.17 bits per heavy atom. The lowest BCUT2D eigenvalue weighted by atomic mass is 10.1. The average Bonchev–Trinajstić information content (AvgIpc) is 2.41. The molecule has 1 atom stereocenters. The Morgan fingerprint density at radius 2 is 1.65 bits per heavy atom. The van der Waals surface area contributed by atoms with E-state index >= 15 is 0 Å². The Morgan fingerprint density at radius 3 is 2.04 bits per heavy atom. The highest BCUT2D eigenvalue weighted by atomic mass is 79.9. The van der Waals surface area contributed by atoms with Crippen molar-refractivity contribution in [1.82, 2.24) is 5.32 Å². The third-order valence-electron chi connectivity index (χ3n) is 2.86. The number of hydrogen-bond acceptors (Lipinski definition) is 4. The van der Waals surface area contributed by atoms with E-state index in [1.165, 1.54) is 0 Å². The van der Waals surface area contributed by atoms with Crippen molar-refractivity contribution in [2.45, 2.75) is 53.2 Å². The number of halogens is 1. The molecule has 1 aromatic rings. The van der Waals surface area contributed by atoms with Gasteiger partial charge in [-0.1, -0.05) is 0 Å². The third kappa shape index (κ3) is 6.29. The minimum absolute atomic E-state index is 0.239. The maximum absolute atomic E-state index is 11.9. The lowest BCUT2D eigenvalue weighted by molar-refractivity contribution is 0.0507. The summed E-state index contributed by atoms with van der Waals surface area (Å²) < 4.78 is 17.3. The zero-order valence-electron chi connectivity index (χ0n) is 14.7. The van der Waals surface area contributed by atoms with Crippen molar-refractivity contribution in [2.75, 3.05) is 13.2 Å². The first-order chi connectivity index (χ1) is 10.7. The Balaban J connectivity index is 2.99. The van der Waals surface area contributed by atoms with Crippen LogP contribution in [0.2, 0.25) is 0 Å². The summed E-state index contributed by atoms with van der Waals surface area (Å²) >= 11 is 3.50. The van der Waals surface area contributed by atoms with Crippen LogP contribution in [0.3, 0.4) is 0 Å². The Bertz CT molecular complexity index is 513. The Labute approximate surface area is 146 Å². The van der Waals surface area contributed by atoms with Gasteiger partial charge in [-0.15, -0.1) is 0 Å². The molecule has 0 heterocycles. The predicted molar refractivity (Wildman–Crippen MR) is 94.3 cm³/mol. The van der Waals surface area contributed by atoms with E-state index in [-0.39, 0.29) is 6.04 Å². The van der Waals surface area contributed by atoms with Gasteiger partial charge in [0.1, 0.15) is 21.6 Å². The summed E-state index contributed by atoms with van der Waals surface area (Å²) in [6, 6.07) is 3.53. The maximum Gasteiger partial charge on any atom is 0.408 e. The van der Waals surface area contributed by atoms with E-state index in [0.29, 0.717) is 24.7 Å². The normalized spacial score (nSPS) is 12.5. The number of ether oxygens (including phenoxy) is 3. The van der Waals surface area contributed by atoms with E-state index in [2.05, 4.69) is 21.2 Å². The van der Waals surface area contributed by atoms with Gasteiger partial charge in [-0.05, 0) is 75.2 Å². The van der Waals surface area contributed by atoms with Gasteiger partial charge in [0, 0.05) is 0 Å². The number of amides is 1. The maximum atomic E-state index is 11.9. The fraction of sp³-hybridized carbons (Fsp3) is 0.588. The highest BCUT2D eigenvalue weighted by Gasteiger charge is 2.20. The van der Waals surface area contributed by atoms with Crippen molar-refractivity contribution in [1.29, 1.82) is 0 Å². The zero-order valence-corrected chi connectivity index (χ0v) is 16.2. The van der Waals surface area contributed by atoms with Gasteiger partial charge in [-0.25, -0.2) is 4.79 Å². The highest BCUT2D eigenvalue weighted by Crippen LogP contribution is 2.37. The number of rotatable bonds is 6. The third-order valence-corrected chi connectivity index (χ3v) is 3.64. The zero-order chi connectivity index (χ0) is 17.6. The first-order valence-electron chi connectivity index (χ1n) is 7.76. The number of carbonyl (C=O) groups excluding carboxylic acids is 1. The molecule has 1 N–H and O–H groups in total. The summed E-state index contributed by atoms with van der Waals surface area (Å²) in [5.41, 5.74) is 0.349. The molecule has 1 rings (SSSR count). The predicted octanol–water partition coefficient (Wildman–Crippen LogP) is 4.83. The molecule has 0 bridgehead atoms. The molecule has 5 nitrogen and oxygen atoms in total. The monoisotopic (exact) mass is 387 g/mol. The van der Waals surface area contributed by atoms with Crippen molar-refractivity contribution >= 4 is 22.0 Å². The van der Waals surface area contributed by atoms with E-state index in [4.69, 9.17) is 14.2 Å². The number of nitrogens with one attached hydrogen (secondary N) is 1. The summed E-state index contributed by atoms with van der Waals surface area (Å²) in [5, 5.41) is 2.82. The van der Waals surface area contributed by atoms with Crippen LogP contribution in [0, 0.1) is 0 Å². The molecular formula is C17H26BrNO4. The highest BCUT2D eigenvalue weighted by molar-refractivity contribution is 9.10. The molecular weight excluding hydrogens is 362 g/mol. The minimum Gasteiger partial charge on any atom is -0.493 e. The molecule has 0 aliphatic carbocycles. The fourth-order valence-corrected chi connectivity index (χ4v) is 2.39. The van der Waals surface area contributed by atoms with Crippen LogP contribution < -0.4 is 14.8 Å². The number of alkyl carbamates (subject to hydrolysis) is 1. The molecule has 1 aromatic carbocycles. The molecule has 130 valence electrons. The van der Waals surface area contributed by atoms with Gasteiger partial charge in [-0.3, -0.25) is 0 Å². The molecule has 0 saturated carbocycles. The van der Waals surface area contributed by atoms with Crippen molar-refractivity contribution in [3.8, 4) is 11.5 Å². The first-order valence-corrected chi connectivity index (χ1v) is 8.55. The molecule has 0 unspecified atom stereocenters. The second-order valence-electron chi connectivity index (χ2n) is 6.07. The number of carbonyl (C=O) groups is 1. The molecule has 0 aromatic heterocycles. The molecule has 1 amide bonds. The lowest BCUT2D eigenvalue weighted by Crippen LogP contribution is -2.34. The Kier molecular flexibility index (Phi) is 7.19. The standard InChI is InChI=1S/C17H26BrNO4/c1-7-21-13-9-12(10-14(15(13)18)22-8-2)11(3)19-16(20)23-17(4,5)6/h9-11H,7-8H2,1-6H3,(H,19,20)/t11-/m1/s1. The van der Waals surface area contributed by atoms with Crippen LogP contribution >= 0.6 is 15.9 Å². The van der Waals surface area contributed by atoms with Gasteiger partial charge < -0.3 is 19.5 Å². The molecule has 0 spiro atoms. The molecule has 0 radical (unpaired) electrons. The second kappa shape index (κ2) is 8.43. The van der Waals surface area contributed by atoms with Crippen molar-refractivity contribution in [3.63, 3.8) is 0 Å². The van der Waals surface area contributed by atoms with Crippen LogP contribution in [0.4, 0.5) is 4.79 Å². The van der Waals surface area contributed by atoms with Crippen LogP contribution in [0.1, 0.15) is 53.1 Å². The smallest absolute Gasteiger partial charge is 0.408 e. The average molecular weight is 388 g/mol. The van der Waals surface area contributed by atoms with Gasteiger partial charge in [0.2, 0.25) is 0 Å². The molecule has 0 fully saturated rings.